The first-order valence-corrected chi connectivity index (χ1v) is 11.6. The van der Waals surface area contributed by atoms with E-state index in [1.807, 2.05) is 38.1 Å². The van der Waals surface area contributed by atoms with Crippen LogP contribution in [0.3, 0.4) is 0 Å². The van der Waals surface area contributed by atoms with Gasteiger partial charge in [-0.3, -0.25) is 9.52 Å². The van der Waals surface area contributed by atoms with E-state index in [2.05, 4.69) is 10.0 Å². The molecule has 0 aliphatic heterocycles. The molecular formula is C23H23ClN2O4S. The molecule has 0 saturated heterocycles. The van der Waals surface area contributed by atoms with Crippen LogP contribution < -0.4 is 14.8 Å². The highest BCUT2D eigenvalue weighted by atomic mass is 35.5. The lowest BCUT2D eigenvalue weighted by atomic mass is 10.1. The van der Waals surface area contributed by atoms with Gasteiger partial charge in [0.25, 0.3) is 15.9 Å². The Morgan fingerprint density at radius 1 is 1.03 bits per heavy atom. The fourth-order valence-corrected chi connectivity index (χ4v) is 4.31. The van der Waals surface area contributed by atoms with Crippen LogP contribution in [-0.2, 0) is 10.0 Å². The minimum atomic E-state index is -3.78. The normalized spacial score (nSPS) is 12.1. The van der Waals surface area contributed by atoms with E-state index in [9.17, 15) is 13.2 Å². The van der Waals surface area contributed by atoms with Crippen LogP contribution in [0.4, 0.5) is 5.69 Å². The minimum absolute atomic E-state index is 0.122. The van der Waals surface area contributed by atoms with E-state index in [1.54, 1.807) is 18.2 Å². The molecule has 31 heavy (non-hydrogen) atoms. The molecule has 0 bridgehead atoms. The number of carbonyl (C=O) groups is 1. The van der Waals surface area contributed by atoms with Crippen molar-refractivity contribution in [2.45, 2.75) is 24.8 Å². The van der Waals surface area contributed by atoms with Gasteiger partial charge in [-0.15, -0.1) is 0 Å². The number of hydrogen-bond donors (Lipinski definition) is 2. The number of benzene rings is 3. The van der Waals surface area contributed by atoms with Crippen molar-refractivity contribution in [2.24, 2.45) is 0 Å². The summed E-state index contributed by atoms with van der Waals surface area (Å²) in [6.45, 7) is 4.38. The van der Waals surface area contributed by atoms with Gasteiger partial charge in [0.15, 0.2) is 0 Å². The molecule has 1 atom stereocenters. The van der Waals surface area contributed by atoms with E-state index < -0.39 is 10.0 Å². The summed E-state index contributed by atoms with van der Waals surface area (Å²) in [5.41, 5.74) is 1.45. The van der Waals surface area contributed by atoms with Gasteiger partial charge in [0.2, 0.25) is 0 Å². The fourth-order valence-electron chi connectivity index (χ4n) is 2.93. The third-order valence-corrected chi connectivity index (χ3v) is 6.26. The first-order valence-electron chi connectivity index (χ1n) is 9.71. The van der Waals surface area contributed by atoms with Crippen LogP contribution in [0.5, 0.6) is 5.75 Å². The number of halogens is 1. The van der Waals surface area contributed by atoms with Crippen LogP contribution in [0.2, 0.25) is 5.02 Å². The fraction of sp³-hybridized carbons (Fsp3) is 0.174. The zero-order valence-electron chi connectivity index (χ0n) is 17.1. The molecule has 0 aromatic heterocycles. The summed E-state index contributed by atoms with van der Waals surface area (Å²) in [4.78, 5) is 12.8. The second-order valence-corrected chi connectivity index (χ2v) is 8.90. The molecular weight excluding hydrogens is 436 g/mol. The van der Waals surface area contributed by atoms with E-state index in [4.69, 9.17) is 16.3 Å². The average molecular weight is 459 g/mol. The third kappa shape index (κ3) is 5.77. The first-order chi connectivity index (χ1) is 14.8. The molecule has 6 nitrogen and oxygen atoms in total. The van der Waals surface area contributed by atoms with Crippen LogP contribution in [0, 0.1) is 0 Å². The largest absolute Gasteiger partial charge is 0.494 e. The predicted molar refractivity (Wildman–Crippen MR) is 122 cm³/mol. The second-order valence-electron chi connectivity index (χ2n) is 6.81. The lowest BCUT2D eigenvalue weighted by molar-refractivity contribution is 0.0940. The van der Waals surface area contributed by atoms with Gasteiger partial charge in [-0.1, -0.05) is 41.9 Å². The van der Waals surface area contributed by atoms with Crippen molar-refractivity contribution in [3.8, 4) is 5.75 Å². The Bertz CT molecular complexity index is 1150. The summed E-state index contributed by atoms with van der Waals surface area (Å²) >= 11 is 6.25. The molecule has 8 heteroatoms. The SMILES string of the molecule is CCOc1ccc(C(C)NC(=O)c2ccc(NS(=O)(=O)c3ccccc3)c(Cl)c2)cc1. The summed E-state index contributed by atoms with van der Waals surface area (Å²) in [7, 11) is -3.78. The molecule has 0 fully saturated rings. The molecule has 3 aromatic rings. The van der Waals surface area contributed by atoms with Crippen molar-refractivity contribution in [1.29, 1.82) is 0 Å². The lowest BCUT2D eigenvalue weighted by Crippen LogP contribution is -2.26. The Kier molecular flexibility index (Phi) is 7.20. The van der Waals surface area contributed by atoms with Crippen LogP contribution in [-0.4, -0.2) is 20.9 Å². The molecule has 0 heterocycles. The molecule has 3 aromatic carbocycles. The van der Waals surface area contributed by atoms with Gasteiger partial charge in [-0.2, -0.15) is 0 Å². The molecule has 0 aliphatic rings. The van der Waals surface area contributed by atoms with Gasteiger partial charge in [-0.25, -0.2) is 8.42 Å². The molecule has 1 amide bonds. The number of hydrogen-bond acceptors (Lipinski definition) is 4. The highest BCUT2D eigenvalue weighted by Crippen LogP contribution is 2.26. The average Bonchev–Trinajstić information content (AvgIpc) is 2.76. The Morgan fingerprint density at radius 2 is 1.71 bits per heavy atom. The number of carbonyl (C=O) groups excluding carboxylic acids is 1. The highest BCUT2D eigenvalue weighted by Gasteiger charge is 2.17. The molecule has 1 unspecified atom stereocenters. The van der Waals surface area contributed by atoms with Crippen molar-refractivity contribution in [1.82, 2.24) is 5.32 Å². The molecule has 2 N–H and O–H groups in total. The number of rotatable bonds is 8. The van der Waals surface area contributed by atoms with Crippen molar-refractivity contribution >= 4 is 33.2 Å². The number of ether oxygens (including phenoxy) is 1. The summed E-state index contributed by atoms with van der Waals surface area (Å²) in [6, 6.07) is 19.7. The first kappa shape index (κ1) is 22.7. The maximum absolute atomic E-state index is 12.6. The van der Waals surface area contributed by atoms with Crippen LogP contribution >= 0.6 is 11.6 Å². The molecule has 0 spiro atoms. The van der Waals surface area contributed by atoms with Crippen LogP contribution in [0.25, 0.3) is 0 Å². The van der Waals surface area contributed by atoms with Crippen molar-refractivity contribution < 1.29 is 17.9 Å². The van der Waals surface area contributed by atoms with Crippen LogP contribution in [0.15, 0.2) is 77.7 Å². The smallest absolute Gasteiger partial charge is 0.261 e. The van der Waals surface area contributed by atoms with E-state index in [-0.39, 0.29) is 27.6 Å². The number of anilines is 1. The summed E-state index contributed by atoms with van der Waals surface area (Å²) in [6.07, 6.45) is 0. The standard InChI is InChI=1S/C23H23ClN2O4S/c1-3-30-19-12-9-17(10-13-19)16(2)25-23(27)18-11-14-22(21(24)15-18)26-31(28,29)20-7-5-4-6-8-20/h4-16,26H,3H2,1-2H3,(H,25,27). The number of sulfonamides is 1. The Balaban J connectivity index is 1.69. The van der Waals surface area contributed by atoms with E-state index in [0.29, 0.717) is 12.2 Å². The predicted octanol–water partition coefficient (Wildman–Crippen LogP) is 5.03. The summed E-state index contributed by atoms with van der Waals surface area (Å²) < 4.78 is 32.8. The Morgan fingerprint density at radius 3 is 2.32 bits per heavy atom. The number of nitrogens with one attached hydrogen (secondary N) is 2. The highest BCUT2D eigenvalue weighted by molar-refractivity contribution is 7.92. The molecule has 162 valence electrons. The zero-order valence-corrected chi connectivity index (χ0v) is 18.7. The van der Waals surface area contributed by atoms with Crippen molar-refractivity contribution in [3.05, 3.63) is 88.9 Å². The van der Waals surface area contributed by atoms with Gasteiger partial charge in [-0.05, 0) is 61.9 Å². The Hall–Kier alpha value is -3.03. The molecule has 3 rings (SSSR count). The second kappa shape index (κ2) is 9.85. The topological polar surface area (TPSA) is 84.5 Å². The Labute approximate surface area is 187 Å². The summed E-state index contributed by atoms with van der Waals surface area (Å²) in [5.74, 6) is 0.450. The summed E-state index contributed by atoms with van der Waals surface area (Å²) in [5, 5.41) is 3.03. The third-order valence-electron chi connectivity index (χ3n) is 4.57. The van der Waals surface area contributed by atoms with Crippen molar-refractivity contribution in [2.75, 3.05) is 11.3 Å². The quantitative estimate of drug-likeness (QED) is 0.495. The maximum Gasteiger partial charge on any atom is 0.261 e. The monoisotopic (exact) mass is 458 g/mol. The minimum Gasteiger partial charge on any atom is -0.494 e. The molecule has 0 radical (unpaired) electrons. The van der Waals surface area contributed by atoms with E-state index in [1.165, 1.54) is 30.3 Å². The number of amides is 1. The van der Waals surface area contributed by atoms with Gasteiger partial charge >= 0.3 is 0 Å². The van der Waals surface area contributed by atoms with Gasteiger partial charge in [0.1, 0.15) is 5.75 Å². The van der Waals surface area contributed by atoms with Gasteiger partial charge < -0.3 is 10.1 Å². The van der Waals surface area contributed by atoms with Crippen molar-refractivity contribution in [3.63, 3.8) is 0 Å². The molecule has 0 saturated carbocycles. The molecule has 0 aliphatic carbocycles. The van der Waals surface area contributed by atoms with Gasteiger partial charge in [0.05, 0.1) is 28.3 Å². The van der Waals surface area contributed by atoms with E-state index in [0.717, 1.165) is 11.3 Å². The van der Waals surface area contributed by atoms with Crippen LogP contribution in [0.1, 0.15) is 35.8 Å². The zero-order chi connectivity index (χ0) is 22.4. The van der Waals surface area contributed by atoms with E-state index >= 15 is 0 Å². The lowest BCUT2D eigenvalue weighted by Gasteiger charge is -2.16. The maximum atomic E-state index is 12.6. The van der Waals surface area contributed by atoms with Gasteiger partial charge in [0, 0.05) is 5.56 Å².